The first-order valence-electron chi connectivity index (χ1n) is 6.49. The van der Waals surface area contributed by atoms with Crippen LogP contribution in [-0.2, 0) is 0 Å². The Bertz CT molecular complexity index is 869. The maximum Gasteiger partial charge on any atom is 0.151 e. The Morgan fingerprint density at radius 2 is 1.85 bits per heavy atom. The van der Waals surface area contributed by atoms with Gasteiger partial charge < -0.3 is 14.1 Å². The smallest absolute Gasteiger partial charge is 0.151 e. The van der Waals surface area contributed by atoms with Crippen LogP contribution in [-0.4, -0.2) is 12.1 Å². The van der Waals surface area contributed by atoms with E-state index in [-0.39, 0.29) is 0 Å². The van der Waals surface area contributed by atoms with Gasteiger partial charge in [-0.1, -0.05) is 18.2 Å². The number of methoxy groups -OCH3 is 1. The van der Waals surface area contributed by atoms with Crippen LogP contribution in [0.5, 0.6) is 5.75 Å². The summed E-state index contributed by atoms with van der Waals surface area (Å²) in [5.41, 5.74) is 2.95. The van der Waals surface area contributed by atoms with Gasteiger partial charge in [0.15, 0.2) is 5.76 Å². The van der Waals surface area contributed by atoms with Gasteiger partial charge in [0.1, 0.15) is 11.3 Å². The fourth-order valence-corrected chi connectivity index (χ4v) is 2.49. The molecule has 4 aromatic rings. The molecule has 0 bridgehead atoms. The highest BCUT2D eigenvalue weighted by Crippen LogP contribution is 2.30. The SMILES string of the molecule is COc1ccc2[nH]c(-c3cc4ccccc4o3)cc2c1. The number of aromatic amines is 1. The second-order valence-electron chi connectivity index (χ2n) is 4.78. The highest BCUT2D eigenvalue weighted by molar-refractivity contribution is 5.88. The summed E-state index contributed by atoms with van der Waals surface area (Å²) in [6.45, 7) is 0. The molecule has 2 aromatic carbocycles. The third kappa shape index (κ3) is 1.67. The predicted octanol–water partition coefficient (Wildman–Crippen LogP) is 4.59. The lowest BCUT2D eigenvalue weighted by molar-refractivity contribution is 0.415. The second kappa shape index (κ2) is 4.17. The molecule has 0 unspecified atom stereocenters. The number of furan rings is 1. The van der Waals surface area contributed by atoms with Gasteiger partial charge in [-0.15, -0.1) is 0 Å². The van der Waals surface area contributed by atoms with Crippen molar-refractivity contribution in [3.63, 3.8) is 0 Å². The van der Waals surface area contributed by atoms with Gasteiger partial charge in [0.25, 0.3) is 0 Å². The van der Waals surface area contributed by atoms with Gasteiger partial charge in [0, 0.05) is 16.3 Å². The van der Waals surface area contributed by atoms with E-state index in [1.807, 2.05) is 42.5 Å². The molecule has 0 aliphatic rings. The summed E-state index contributed by atoms with van der Waals surface area (Å²) in [6, 6.07) is 18.1. The van der Waals surface area contributed by atoms with E-state index in [0.717, 1.165) is 39.1 Å². The van der Waals surface area contributed by atoms with Crippen LogP contribution in [0.4, 0.5) is 0 Å². The zero-order chi connectivity index (χ0) is 13.5. The molecule has 3 nitrogen and oxygen atoms in total. The van der Waals surface area contributed by atoms with E-state index >= 15 is 0 Å². The molecule has 0 aliphatic heterocycles. The van der Waals surface area contributed by atoms with E-state index < -0.39 is 0 Å². The van der Waals surface area contributed by atoms with E-state index in [1.54, 1.807) is 7.11 Å². The molecule has 0 atom stereocenters. The third-order valence-electron chi connectivity index (χ3n) is 3.52. The van der Waals surface area contributed by atoms with Gasteiger partial charge >= 0.3 is 0 Å². The molecule has 0 radical (unpaired) electrons. The molecule has 0 fully saturated rings. The highest BCUT2D eigenvalue weighted by atomic mass is 16.5. The fraction of sp³-hybridized carbons (Fsp3) is 0.0588. The summed E-state index contributed by atoms with van der Waals surface area (Å²) in [7, 11) is 1.67. The summed E-state index contributed by atoms with van der Waals surface area (Å²) in [5, 5.41) is 2.22. The topological polar surface area (TPSA) is 38.2 Å². The summed E-state index contributed by atoms with van der Waals surface area (Å²) < 4.78 is 11.1. The molecular weight excluding hydrogens is 250 g/mol. The Morgan fingerprint density at radius 1 is 0.950 bits per heavy atom. The lowest BCUT2D eigenvalue weighted by Gasteiger charge is -1.97. The Kier molecular flexibility index (Phi) is 2.33. The van der Waals surface area contributed by atoms with E-state index in [1.165, 1.54) is 0 Å². The van der Waals surface area contributed by atoms with Crippen molar-refractivity contribution < 1.29 is 9.15 Å². The van der Waals surface area contributed by atoms with E-state index in [0.29, 0.717) is 0 Å². The Labute approximate surface area is 115 Å². The first-order valence-corrected chi connectivity index (χ1v) is 6.49. The second-order valence-corrected chi connectivity index (χ2v) is 4.78. The van der Waals surface area contributed by atoms with Crippen LogP contribution >= 0.6 is 0 Å². The van der Waals surface area contributed by atoms with Gasteiger partial charge in [-0.2, -0.15) is 0 Å². The molecule has 2 heterocycles. The quantitative estimate of drug-likeness (QED) is 0.574. The van der Waals surface area contributed by atoms with Crippen molar-refractivity contribution in [1.82, 2.24) is 4.98 Å². The highest BCUT2D eigenvalue weighted by Gasteiger charge is 2.09. The number of nitrogens with one attached hydrogen (secondary N) is 1. The van der Waals surface area contributed by atoms with E-state index in [4.69, 9.17) is 9.15 Å². The molecule has 4 rings (SSSR count). The van der Waals surface area contributed by atoms with Crippen LogP contribution in [0.1, 0.15) is 0 Å². The maximum atomic E-state index is 5.88. The zero-order valence-electron chi connectivity index (χ0n) is 11.0. The molecule has 98 valence electrons. The van der Waals surface area contributed by atoms with Gasteiger partial charge in [-0.25, -0.2) is 0 Å². The minimum atomic E-state index is 0.848. The summed E-state index contributed by atoms with van der Waals surface area (Å²) in [6.07, 6.45) is 0. The molecule has 0 amide bonds. The molecule has 2 aromatic heterocycles. The molecular formula is C17H13NO2. The number of rotatable bonds is 2. The van der Waals surface area contributed by atoms with Gasteiger partial charge in [0.05, 0.1) is 12.8 Å². The molecule has 0 aliphatic carbocycles. The van der Waals surface area contributed by atoms with Crippen molar-refractivity contribution in [2.45, 2.75) is 0 Å². The van der Waals surface area contributed by atoms with Crippen LogP contribution in [0.15, 0.2) is 59.0 Å². The molecule has 20 heavy (non-hydrogen) atoms. The van der Waals surface area contributed by atoms with Crippen LogP contribution < -0.4 is 4.74 Å². The Hall–Kier alpha value is -2.68. The van der Waals surface area contributed by atoms with Crippen molar-refractivity contribution >= 4 is 21.9 Å². The lowest BCUT2D eigenvalue weighted by atomic mass is 10.2. The van der Waals surface area contributed by atoms with Gasteiger partial charge in [0.2, 0.25) is 0 Å². The summed E-state index contributed by atoms with van der Waals surface area (Å²) >= 11 is 0. The first kappa shape index (κ1) is 11.2. The van der Waals surface area contributed by atoms with Gasteiger partial charge in [-0.05, 0) is 36.4 Å². The van der Waals surface area contributed by atoms with E-state index in [9.17, 15) is 0 Å². The van der Waals surface area contributed by atoms with Crippen LogP contribution in [0, 0.1) is 0 Å². The largest absolute Gasteiger partial charge is 0.497 e. The number of fused-ring (bicyclic) bond motifs is 2. The van der Waals surface area contributed by atoms with Crippen molar-refractivity contribution in [2.75, 3.05) is 7.11 Å². The lowest BCUT2D eigenvalue weighted by Crippen LogP contribution is -1.80. The predicted molar refractivity (Wildman–Crippen MR) is 80.1 cm³/mol. The summed E-state index contributed by atoms with van der Waals surface area (Å²) in [4.78, 5) is 3.37. The Morgan fingerprint density at radius 3 is 2.70 bits per heavy atom. The summed E-state index contributed by atoms with van der Waals surface area (Å²) in [5.74, 6) is 1.70. The van der Waals surface area contributed by atoms with Crippen molar-refractivity contribution in [1.29, 1.82) is 0 Å². The van der Waals surface area contributed by atoms with E-state index in [2.05, 4.69) is 17.1 Å². The zero-order valence-corrected chi connectivity index (χ0v) is 11.0. The first-order chi connectivity index (χ1) is 9.83. The van der Waals surface area contributed by atoms with Crippen molar-refractivity contribution in [2.24, 2.45) is 0 Å². The number of ether oxygens (including phenoxy) is 1. The monoisotopic (exact) mass is 263 g/mol. The molecule has 0 saturated heterocycles. The number of aromatic nitrogens is 1. The normalized spacial score (nSPS) is 11.2. The average Bonchev–Trinajstić information content (AvgIpc) is 3.09. The maximum absolute atomic E-state index is 5.88. The average molecular weight is 263 g/mol. The molecule has 0 spiro atoms. The minimum Gasteiger partial charge on any atom is -0.497 e. The number of H-pyrrole nitrogens is 1. The number of para-hydroxylation sites is 1. The number of hydrogen-bond acceptors (Lipinski definition) is 2. The number of benzene rings is 2. The van der Waals surface area contributed by atoms with Crippen LogP contribution in [0.2, 0.25) is 0 Å². The van der Waals surface area contributed by atoms with Crippen LogP contribution in [0.25, 0.3) is 33.3 Å². The molecule has 3 heteroatoms. The minimum absolute atomic E-state index is 0.848. The Balaban J connectivity index is 1.88. The van der Waals surface area contributed by atoms with Crippen molar-refractivity contribution in [3.05, 3.63) is 54.6 Å². The van der Waals surface area contributed by atoms with Crippen molar-refractivity contribution in [3.8, 4) is 17.2 Å². The van der Waals surface area contributed by atoms with Gasteiger partial charge in [-0.3, -0.25) is 0 Å². The number of hydrogen-bond donors (Lipinski definition) is 1. The van der Waals surface area contributed by atoms with Crippen LogP contribution in [0.3, 0.4) is 0 Å². The fourth-order valence-electron chi connectivity index (χ4n) is 2.49. The molecule has 0 saturated carbocycles. The molecule has 1 N–H and O–H groups in total. The standard InChI is InChI=1S/C17H13NO2/c1-19-13-6-7-14-12(8-13)9-15(18-14)17-10-11-4-2-3-5-16(11)20-17/h2-10,18H,1H3. The third-order valence-corrected chi connectivity index (χ3v) is 3.52.